The van der Waals surface area contributed by atoms with Gasteiger partial charge in [-0.1, -0.05) is 48.5 Å². The van der Waals surface area contributed by atoms with Gasteiger partial charge in [-0.3, -0.25) is 0 Å². The van der Waals surface area contributed by atoms with Gasteiger partial charge >= 0.3 is 5.97 Å². The largest absolute Gasteiger partial charge is 0.493 e. The molecule has 0 saturated heterocycles. The maximum atomic E-state index is 11.9. The molecular formula is C20H20N2O5. The minimum Gasteiger partial charge on any atom is -0.493 e. The summed E-state index contributed by atoms with van der Waals surface area (Å²) in [6.45, 7) is 1.72. The van der Waals surface area contributed by atoms with Gasteiger partial charge in [-0.15, -0.1) is 0 Å². The Morgan fingerprint density at radius 2 is 1.81 bits per heavy atom. The number of para-hydroxylation sites is 2. The summed E-state index contributed by atoms with van der Waals surface area (Å²) in [6, 6.07) is 14.9. The van der Waals surface area contributed by atoms with Gasteiger partial charge in [0, 0.05) is 5.56 Å². The standard InChI is InChI=1S/C20H20N2O5/c1-3-14-8-10-15(11-9-14)20-21-18(27-22-20)12-26-19(23)13-25-17-7-5-4-6-16(17)24-2/h4-11H,3,12-13H2,1-2H3. The molecule has 0 N–H and O–H groups in total. The fourth-order valence-corrected chi connectivity index (χ4v) is 2.38. The number of hydrogen-bond acceptors (Lipinski definition) is 7. The van der Waals surface area contributed by atoms with Crippen molar-refractivity contribution in [2.24, 2.45) is 0 Å². The van der Waals surface area contributed by atoms with E-state index >= 15 is 0 Å². The second kappa shape index (κ2) is 8.84. The highest BCUT2D eigenvalue weighted by Gasteiger charge is 2.12. The Hall–Kier alpha value is -3.35. The number of rotatable bonds is 8. The second-order valence-corrected chi connectivity index (χ2v) is 5.66. The molecule has 0 atom stereocenters. The first-order valence-corrected chi connectivity index (χ1v) is 8.53. The topological polar surface area (TPSA) is 83.7 Å². The van der Waals surface area contributed by atoms with Crippen molar-refractivity contribution in [3.8, 4) is 22.9 Å². The van der Waals surface area contributed by atoms with E-state index in [0.29, 0.717) is 17.3 Å². The second-order valence-electron chi connectivity index (χ2n) is 5.66. The lowest BCUT2D eigenvalue weighted by Gasteiger charge is -2.09. The number of aromatic nitrogens is 2. The third-order valence-electron chi connectivity index (χ3n) is 3.86. The Bertz CT molecular complexity index is 889. The van der Waals surface area contributed by atoms with Crippen molar-refractivity contribution in [1.82, 2.24) is 10.1 Å². The molecule has 27 heavy (non-hydrogen) atoms. The van der Waals surface area contributed by atoms with E-state index in [2.05, 4.69) is 17.1 Å². The molecule has 0 radical (unpaired) electrons. The van der Waals surface area contributed by atoms with Crippen molar-refractivity contribution in [2.45, 2.75) is 20.0 Å². The number of ether oxygens (including phenoxy) is 3. The van der Waals surface area contributed by atoms with E-state index in [1.807, 2.05) is 30.3 Å². The molecular weight excluding hydrogens is 348 g/mol. The zero-order valence-corrected chi connectivity index (χ0v) is 15.2. The summed E-state index contributed by atoms with van der Waals surface area (Å²) in [5, 5.41) is 3.91. The van der Waals surface area contributed by atoms with Crippen molar-refractivity contribution >= 4 is 5.97 Å². The van der Waals surface area contributed by atoms with Crippen molar-refractivity contribution in [3.63, 3.8) is 0 Å². The van der Waals surface area contributed by atoms with Gasteiger partial charge in [-0.05, 0) is 24.1 Å². The number of methoxy groups -OCH3 is 1. The van der Waals surface area contributed by atoms with Crippen LogP contribution in [0.5, 0.6) is 11.5 Å². The Morgan fingerprint density at radius 1 is 1.07 bits per heavy atom. The molecule has 0 aliphatic carbocycles. The first kappa shape index (κ1) is 18.4. The third kappa shape index (κ3) is 4.84. The van der Waals surface area contributed by atoms with E-state index in [9.17, 15) is 4.79 Å². The van der Waals surface area contributed by atoms with E-state index in [4.69, 9.17) is 18.7 Å². The van der Waals surface area contributed by atoms with Crippen molar-refractivity contribution in [2.75, 3.05) is 13.7 Å². The zero-order chi connectivity index (χ0) is 19.1. The van der Waals surface area contributed by atoms with Crippen molar-refractivity contribution in [3.05, 3.63) is 60.0 Å². The molecule has 3 aromatic rings. The minimum absolute atomic E-state index is 0.117. The lowest BCUT2D eigenvalue weighted by molar-refractivity contribution is -0.148. The smallest absolute Gasteiger partial charge is 0.344 e. The minimum atomic E-state index is -0.548. The molecule has 7 nitrogen and oxygen atoms in total. The molecule has 0 fully saturated rings. The van der Waals surface area contributed by atoms with Crippen LogP contribution in [0, 0.1) is 0 Å². The summed E-state index contributed by atoms with van der Waals surface area (Å²) < 4.78 is 20.8. The molecule has 0 unspecified atom stereocenters. The average molecular weight is 368 g/mol. The summed E-state index contributed by atoms with van der Waals surface area (Å²) in [5.41, 5.74) is 2.07. The van der Waals surface area contributed by atoms with Crippen LogP contribution in [0.2, 0.25) is 0 Å². The van der Waals surface area contributed by atoms with Crippen LogP contribution in [-0.2, 0) is 22.6 Å². The third-order valence-corrected chi connectivity index (χ3v) is 3.86. The molecule has 0 amide bonds. The molecule has 1 heterocycles. The van der Waals surface area contributed by atoms with E-state index in [0.717, 1.165) is 12.0 Å². The summed E-state index contributed by atoms with van der Waals surface area (Å²) in [5.74, 6) is 1.13. The van der Waals surface area contributed by atoms with Crippen LogP contribution in [0.4, 0.5) is 0 Å². The highest BCUT2D eigenvalue weighted by molar-refractivity contribution is 5.71. The summed E-state index contributed by atoms with van der Waals surface area (Å²) in [6.07, 6.45) is 0.963. The average Bonchev–Trinajstić information content (AvgIpc) is 3.20. The number of nitrogens with zero attached hydrogens (tertiary/aromatic N) is 2. The lowest BCUT2D eigenvalue weighted by atomic mass is 10.1. The fourth-order valence-electron chi connectivity index (χ4n) is 2.38. The molecule has 0 aliphatic heterocycles. The molecule has 7 heteroatoms. The van der Waals surface area contributed by atoms with Crippen molar-refractivity contribution in [1.29, 1.82) is 0 Å². The van der Waals surface area contributed by atoms with E-state index in [1.165, 1.54) is 12.7 Å². The summed E-state index contributed by atoms with van der Waals surface area (Å²) in [7, 11) is 1.53. The van der Waals surface area contributed by atoms with E-state index in [-0.39, 0.29) is 19.1 Å². The number of benzene rings is 2. The molecule has 0 saturated carbocycles. The highest BCUT2D eigenvalue weighted by Crippen LogP contribution is 2.25. The fraction of sp³-hybridized carbons (Fsp3) is 0.250. The Kier molecular flexibility index (Phi) is 6.04. The van der Waals surface area contributed by atoms with Crippen molar-refractivity contribution < 1.29 is 23.5 Å². The Morgan fingerprint density at radius 3 is 2.52 bits per heavy atom. The molecule has 2 aromatic carbocycles. The van der Waals surface area contributed by atoms with Crippen LogP contribution in [0.3, 0.4) is 0 Å². The molecule has 3 rings (SSSR count). The number of esters is 1. The maximum absolute atomic E-state index is 11.9. The zero-order valence-electron chi connectivity index (χ0n) is 15.2. The SMILES string of the molecule is CCc1ccc(-c2noc(COC(=O)COc3ccccc3OC)n2)cc1. The lowest BCUT2D eigenvalue weighted by Crippen LogP contribution is -2.15. The van der Waals surface area contributed by atoms with Gasteiger partial charge in [0.2, 0.25) is 5.82 Å². The Balaban J connectivity index is 1.51. The van der Waals surface area contributed by atoms with Gasteiger partial charge in [-0.25, -0.2) is 4.79 Å². The maximum Gasteiger partial charge on any atom is 0.344 e. The van der Waals surface area contributed by atoms with Gasteiger partial charge in [0.25, 0.3) is 5.89 Å². The number of hydrogen-bond donors (Lipinski definition) is 0. The van der Waals surface area contributed by atoms with Crippen LogP contribution >= 0.6 is 0 Å². The molecule has 0 bridgehead atoms. The molecule has 1 aromatic heterocycles. The van der Waals surface area contributed by atoms with Crippen LogP contribution in [0.1, 0.15) is 18.4 Å². The van der Waals surface area contributed by atoms with Crippen LogP contribution < -0.4 is 9.47 Å². The molecule has 0 spiro atoms. The quantitative estimate of drug-likeness (QED) is 0.563. The molecule has 0 aliphatic rings. The normalized spacial score (nSPS) is 10.4. The number of aryl methyl sites for hydroxylation is 1. The van der Waals surface area contributed by atoms with E-state index in [1.54, 1.807) is 18.2 Å². The predicted molar refractivity (Wildman–Crippen MR) is 97.4 cm³/mol. The van der Waals surface area contributed by atoms with Gasteiger partial charge < -0.3 is 18.7 Å². The predicted octanol–water partition coefficient (Wildman–Crippen LogP) is 3.43. The summed E-state index contributed by atoms with van der Waals surface area (Å²) >= 11 is 0. The number of carbonyl (C=O) groups excluding carboxylic acids is 1. The van der Waals surface area contributed by atoms with Gasteiger partial charge in [0.1, 0.15) is 0 Å². The van der Waals surface area contributed by atoms with Crippen LogP contribution in [0.15, 0.2) is 53.1 Å². The van der Waals surface area contributed by atoms with Crippen LogP contribution in [0.25, 0.3) is 11.4 Å². The van der Waals surface area contributed by atoms with Crippen LogP contribution in [-0.4, -0.2) is 29.8 Å². The first-order valence-electron chi connectivity index (χ1n) is 8.53. The first-order chi connectivity index (χ1) is 13.2. The van der Waals surface area contributed by atoms with E-state index < -0.39 is 5.97 Å². The van der Waals surface area contributed by atoms with Gasteiger partial charge in [-0.2, -0.15) is 4.98 Å². The highest BCUT2D eigenvalue weighted by atomic mass is 16.6. The Labute approximate surface area is 156 Å². The van der Waals surface area contributed by atoms with Gasteiger partial charge in [0.15, 0.2) is 24.7 Å². The monoisotopic (exact) mass is 368 g/mol. The van der Waals surface area contributed by atoms with Gasteiger partial charge in [0.05, 0.1) is 7.11 Å². The molecule has 140 valence electrons. The number of carbonyl (C=O) groups is 1. The summed E-state index contributed by atoms with van der Waals surface area (Å²) in [4.78, 5) is 16.1.